The summed E-state index contributed by atoms with van der Waals surface area (Å²) >= 11 is 0. The maximum atomic E-state index is 11.9. The minimum atomic E-state index is -0.760. The second-order valence-electron chi connectivity index (χ2n) is 5.62. The molecule has 0 bridgehead atoms. The fourth-order valence-corrected chi connectivity index (χ4v) is 2.27. The number of carbonyl (C=O) groups excluding carboxylic acids is 1. The third-order valence-electron chi connectivity index (χ3n) is 3.59. The summed E-state index contributed by atoms with van der Waals surface area (Å²) in [5.41, 5.74) is 2.01. The number of pyridine rings is 3. The summed E-state index contributed by atoms with van der Waals surface area (Å²) in [6, 6.07) is 14.3. The van der Waals surface area contributed by atoms with E-state index in [-0.39, 0.29) is 5.91 Å². The number of hydrogen-bond donors (Lipinski definition) is 2. The minimum absolute atomic E-state index is 0.288. The Morgan fingerprint density at radius 3 is 2.59 bits per heavy atom. The van der Waals surface area contributed by atoms with Crippen LogP contribution in [0.3, 0.4) is 0 Å². The topological polar surface area (TPSA) is 88.0 Å². The second kappa shape index (κ2) is 9.17. The number of nitrogens with zero attached hydrogens (tertiary/aromatic N) is 3. The molecule has 6 nitrogen and oxygen atoms in total. The maximum Gasteiger partial charge on any atom is 0.249 e. The smallest absolute Gasteiger partial charge is 0.249 e. The fraction of sp³-hybridized carbons (Fsp3) is 0.0476. The molecule has 0 aromatic carbocycles. The first-order chi connectivity index (χ1) is 13.2. The lowest BCUT2D eigenvalue weighted by molar-refractivity contribution is -0.111. The highest BCUT2D eigenvalue weighted by atomic mass is 16.3. The molecule has 0 aliphatic carbocycles. The molecule has 0 saturated carbocycles. The quantitative estimate of drug-likeness (QED) is 0.660. The molecule has 0 fully saturated rings. The van der Waals surface area contributed by atoms with E-state index >= 15 is 0 Å². The molecule has 3 aromatic heterocycles. The van der Waals surface area contributed by atoms with Gasteiger partial charge in [0, 0.05) is 30.2 Å². The number of hydrogen-bond acceptors (Lipinski definition) is 5. The maximum absolute atomic E-state index is 11.9. The molecule has 6 heteroatoms. The van der Waals surface area contributed by atoms with Gasteiger partial charge in [0.15, 0.2) is 0 Å². The van der Waals surface area contributed by atoms with Crippen LogP contribution in [0.1, 0.15) is 23.1 Å². The van der Waals surface area contributed by atoms with Crippen LogP contribution in [-0.2, 0) is 4.79 Å². The third kappa shape index (κ3) is 5.69. The summed E-state index contributed by atoms with van der Waals surface area (Å²) in [4.78, 5) is 24.4. The fourth-order valence-electron chi connectivity index (χ4n) is 2.27. The Kier molecular flexibility index (Phi) is 6.17. The molecule has 0 aliphatic heterocycles. The van der Waals surface area contributed by atoms with Crippen molar-refractivity contribution in [1.29, 1.82) is 0 Å². The van der Waals surface area contributed by atoms with Crippen LogP contribution in [0.2, 0.25) is 0 Å². The van der Waals surface area contributed by atoms with Crippen molar-refractivity contribution in [3.8, 4) is 0 Å². The summed E-state index contributed by atoms with van der Waals surface area (Å²) in [5, 5.41) is 12.8. The molecule has 1 amide bonds. The molecular formula is C21H18N4O2. The summed E-state index contributed by atoms with van der Waals surface area (Å²) in [5.74, 6) is 0.199. The lowest BCUT2D eigenvalue weighted by atomic mass is 10.1. The van der Waals surface area contributed by atoms with Crippen LogP contribution in [0.5, 0.6) is 0 Å². The number of carbonyl (C=O) groups is 1. The highest BCUT2D eigenvalue weighted by Gasteiger charge is 2.03. The zero-order valence-electron chi connectivity index (χ0n) is 14.4. The molecule has 3 rings (SSSR count). The summed E-state index contributed by atoms with van der Waals surface area (Å²) < 4.78 is 0. The number of amides is 1. The van der Waals surface area contributed by atoms with Crippen LogP contribution in [-0.4, -0.2) is 26.0 Å². The summed E-state index contributed by atoms with van der Waals surface area (Å²) in [6.07, 6.45) is 10.5. The van der Waals surface area contributed by atoms with Gasteiger partial charge in [0.2, 0.25) is 5.91 Å². The van der Waals surface area contributed by atoms with Crippen molar-refractivity contribution >= 4 is 23.9 Å². The van der Waals surface area contributed by atoms with Gasteiger partial charge in [-0.05, 0) is 48.6 Å². The van der Waals surface area contributed by atoms with E-state index in [0.717, 1.165) is 0 Å². The van der Waals surface area contributed by atoms with Crippen molar-refractivity contribution in [2.75, 3.05) is 5.32 Å². The standard InChI is InChI=1S/C21H18N4O2/c26-19(16-5-4-13-22-15-16)11-9-17-6-3-7-18(24-17)10-12-21(27)25-20-8-1-2-14-23-20/h1-15,19,26H,(H,23,25,27)/b11-9+,12-10+. The van der Waals surface area contributed by atoms with Gasteiger partial charge in [0.1, 0.15) is 5.82 Å². The predicted octanol–water partition coefficient (Wildman–Crippen LogP) is 3.27. The van der Waals surface area contributed by atoms with E-state index in [1.807, 2.05) is 12.1 Å². The minimum Gasteiger partial charge on any atom is -0.384 e. The monoisotopic (exact) mass is 358 g/mol. The number of anilines is 1. The number of nitrogens with one attached hydrogen (secondary N) is 1. The van der Waals surface area contributed by atoms with Crippen molar-refractivity contribution < 1.29 is 9.90 Å². The largest absolute Gasteiger partial charge is 0.384 e. The van der Waals surface area contributed by atoms with Crippen molar-refractivity contribution in [3.05, 3.63) is 96.2 Å². The lowest BCUT2D eigenvalue weighted by Crippen LogP contribution is -2.08. The molecule has 134 valence electrons. The molecule has 0 saturated heterocycles. The summed E-state index contributed by atoms with van der Waals surface area (Å²) in [7, 11) is 0. The molecule has 3 aromatic rings. The first-order valence-corrected chi connectivity index (χ1v) is 8.34. The zero-order valence-corrected chi connectivity index (χ0v) is 14.4. The summed E-state index contributed by atoms with van der Waals surface area (Å²) in [6.45, 7) is 0. The Balaban J connectivity index is 1.63. The Bertz CT molecular complexity index is 941. The number of rotatable bonds is 6. The highest BCUT2D eigenvalue weighted by molar-refractivity contribution is 6.01. The second-order valence-corrected chi connectivity index (χ2v) is 5.62. The average Bonchev–Trinajstić information content (AvgIpc) is 2.72. The number of aliphatic hydroxyl groups is 1. The zero-order chi connectivity index (χ0) is 18.9. The number of aliphatic hydroxyl groups excluding tert-OH is 1. The van der Waals surface area contributed by atoms with Crippen molar-refractivity contribution in [2.24, 2.45) is 0 Å². The van der Waals surface area contributed by atoms with E-state index in [4.69, 9.17) is 0 Å². The highest BCUT2D eigenvalue weighted by Crippen LogP contribution is 2.14. The van der Waals surface area contributed by atoms with E-state index in [2.05, 4.69) is 20.3 Å². The average molecular weight is 358 g/mol. The van der Waals surface area contributed by atoms with Crippen LogP contribution in [0.25, 0.3) is 12.2 Å². The van der Waals surface area contributed by atoms with Gasteiger partial charge in [-0.1, -0.05) is 18.2 Å². The van der Waals surface area contributed by atoms with Gasteiger partial charge in [-0.3, -0.25) is 9.78 Å². The van der Waals surface area contributed by atoms with E-state index in [1.54, 1.807) is 73.2 Å². The lowest BCUT2D eigenvalue weighted by Gasteiger charge is -2.04. The van der Waals surface area contributed by atoms with Gasteiger partial charge < -0.3 is 10.4 Å². The molecular weight excluding hydrogens is 340 g/mol. The molecule has 27 heavy (non-hydrogen) atoms. The Hall–Kier alpha value is -3.64. The van der Waals surface area contributed by atoms with Crippen LogP contribution >= 0.6 is 0 Å². The van der Waals surface area contributed by atoms with Gasteiger partial charge in [-0.25, -0.2) is 9.97 Å². The normalized spacial score (nSPS) is 12.3. The van der Waals surface area contributed by atoms with Gasteiger partial charge in [0.05, 0.1) is 17.5 Å². The molecule has 0 aliphatic rings. The molecule has 0 spiro atoms. The molecule has 0 radical (unpaired) electrons. The number of aromatic nitrogens is 3. The van der Waals surface area contributed by atoms with E-state index < -0.39 is 6.10 Å². The van der Waals surface area contributed by atoms with Crippen molar-refractivity contribution in [2.45, 2.75) is 6.10 Å². The van der Waals surface area contributed by atoms with Gasteiger partial charge in [-0.2, -0.15) is 0 Å². The molecule has 1 atom stereocenters. The SMILES string of the molecule is O=C(/C=C/c1cccc(/C=C/C(O)c2cccnc2)n1)Nc1ccccn1. The first kappa shape index (κ1) is 18.2. The molecule has 2 N–H and O–H groups in total. The van der Waals surface area contributed by atoms with Crippen molar-refractivity contribution in [3.63, 3.8) is 0 Å². The van der Waals surface area contributed by atoms with Crippen LogP contribution in [0.4, 0.5) is 5.82 Å². The van der Waals surface area contributed by atoms with Crippen LogP contribution in [0, 0.1) is 0 Å². The van der Waals surface area contributed by atoms with Gasteiger partial charge >= 0.3 is 0 Å². The van der Waals surface area contributed by atoms with E-state index in [9.17, 15) is 9.90 Å². The van der Waals surface area contributed by atoms with Crippen LogP contribution < -0.4 is 5.32 Å². The van der Waals surface area contributed by atoms with Gasteiger partial charge in [0.25, 0.3) is 0 Å². The molecule has 3 heterocycles. The Labute approximate surface area is 157 Å². The third-order valence-corrected chi connectivity index (χ3v) is 3.59. The van der Waals surface area contributed by atoms with E-state index in [1.165, 1.54) is 6.08 Å². The van der Waals surface area contributed by atoms with E-state index in [0.29, 0.717) is 22.8 Å². The Morgan fingerprint density at radius 1 is 1.00 bits per heavy atom. The Morgan fingerprint density at radius 2 is 1.85 bits per heavy atom. The van der Waals surface area contributed by atoms with Crippen molar-refractivity contribution in [1.82, 2.24) is 15.0 Å². The molecule has 1 unspecified atom stereocenters. The predicted molar refractivity (Wildman–Crippen MR) is 104 cm³/mol. The first-order valence-electron chi connectivity index (χ1n) is 8.34. The van der Waals surface area contributed by atoms with Gasteiger partial charge in [-0.15, -0.1) is 0 Å². The van der Waals surface area contributed by atoms with Crippen LogP contribution in [0.15, 0.2) is 79.3 Å².